The summed E-state index contributed by atoms with van der Waals surface area (Å²) in [5.74, 6) is 1.16. The molecule has 7 nitrogen and oxygen atoms in total. The molecule has 7 heteroatoms. The molecule has 0 unspecified atom stereocenters. The molecule has 0 bridgehead atoms. The lowest BCUT2D eigenvalue weighted by Gasteiger charge is -2.35. The van der Waals surface area contributed by atoms with Gasteiger partial charge in [-0.1, -0.05) is 12.1 Å². The zero-order valence-corrected chi connectivity index (χ0v) is 16.0. The Bertz CT molecular complexity index is 824. The van der Waals surface area contributed by atoms with Gasteiger partial charge in [-0.05, 0) is 31.2 Å². The van der Waals surface area contributed by atoms with Crippen molar-refractivity contribution in [3.05, 3.63) is 53.7 Å². The van der Waals surface area contributed by atoms with Crippen LogP contribution in [0.2, 0.25) is 0 Å². The molecule has 1 saturated heterocycles. The third-order valence-electron chi connectivity index (χ3n) is 4.63. The van der Waals surface area contributed by atoms with Crippen molar-refractivity contribution < 1.29 is 14.3 Å². The summed E-state index contributed by atoms with van der Waals surface area (Å²) in [4.78, 5) is 20.6. The molecule has 1 aromatic heterocycles. The first-order chi connectivity index (χ1) is 13.7. The summed E-state index contributed by atoms with van der Waals surface area (Å²) in [5.41, 5.74) is 1.03. The van der Waals surface area contributed by atoms with Gasteiger partial charge in [-0.25, -0.2) is 9.78 Å². The highest BCUT2D eigenvalue weighted by Gasteiger charge is 2.18. The van der Waals surface area contributed by atoms with Crippen LogP contribution in [0.15, 0.2) is 42.6 Å². The lowest BCUT2D eigenvalue weighted by Crippen LogP contribution is -2.47. The number of piperazine rings is 1. The Morgan fingerprint density at radius 3 is 2.64 bits per heavy atom. The van der Waals surface area contributed by atoms with Crippen LogP contribution in [0.25, 0.3) is 0 Å². The quantitative estimate of drug-likeness (QED) is 0.682. The number of ether oxygens (including phenoxy) is 2. The molecule has 0 saturated carbocycles. The fraction of sp³-hybridized carbons (Fsp3) is 0.381. The molecule has 146 valence electrons. The summed E-state index contributed by atoms with van der Waals surface area (Å²) in [5, 5.41) is 9.10. The second kappa shape index (κ2) is 9.72. The zero-order valence-electron chi connectivity index (χ0n) is 16.0. The highest BCUT2D eigenvalue weighted by molar-refractivity contribution is 5.89. The molecule has 3 rings (SSSR count). The molecule has 1 aliphatic rings. The minimum atomic E-state index is -0.343. The van der Waals surface area contributed by atoms with Crippen molar-refractivity contribution in [1.82, 2.24) is 9.88 Å². The first-order valence-corrected chi connectivity index (χ1v) is 9.43. The average molecular weight is 380 g/mol. The molecule has 0 atom stereocenters. The Morgan fingerprint density at radius 2 is 1.96 bits per heavy atom. The van der Waals surface area contributed by atoms with E-state index < -0.39 is 0 Å². The number of carbonyl (C=O) groups is 1. The second-order valence-electron chi connectivity index (χ2n) is 6.41. The Balaban J connectivity index is 1.44. The van der Waals surface area contributed by atoms with E-state index >= 15 is 0 Å². The largest absolute Gasteiger partial charge is 0.491 e. The molecule has 2 aromatic rings. The molecule has 1 aromatic carbocycles. The van der Waals surface area contributed by atoms with E-state index in [9.17, 15) is 4.79 Å². The Kier molecular flexibility index (Phi) is 6.82. The molecular weight excluding hydrogens is 356 g/mol. The number of benzene rings is 1. The highest BCUT2D eigenvalue weighted by Crippen LogP contribution is 2.17. The van der Waals surface area contributed by atoms with E-state index in [1.165, 1.54) is 0 Å². The Labute approximate surface area is 165 Å². The van der Waals surface area contributed by atoms with Crippen LogP contribution in [-0.2, 0) is 4.74 Å². The van der Waals surface area contributed by atoms with Gasteiger partial charge in [0, 0.05) is 38.9 Å². The van der Waals surface area contributed by atoms with E-state index in [2.05, 4.69) is 20.9 Å². The normalized spacial score (nSPS) is 14.4. The van der Waals surface area contributed by atoms with E-state index in [0.717, 1.165) is 38.5 Å². The van der Waals surface area contributed by atoms with Crippen molar-refractivity contribution in [1.29, 1.82) is 5.26 Å². The fourth-order valence-electron chi connectivity index (χ4n) is 3.08. The van der Waals surface area contributed by atoms with E-state index in [1.807, 2.05) is 24.3 Å². The molecule has 0 aliphatic carbocycles. The van der Waals surface area contributed by atoms with Crippen LogP contribution in [0, 0.1) is 11.3 Å². The Hall–Kier alpha value is -3.11. The first kappa shape index (κ1) is 19.6. The van der Waals surface area contributed by atoms with Crippen molar-refractivity contribution in [2.75, 3.05) is 50.8 Å². The molecular formula is C21H24N4O3. The van der Waals surface area contributed by atoms with Gasteiger partial charge in [0.2, 0.25) is 0 Å². The predicted octanol–water partition coefficient (Wildman–Crippen LogP) is 2.33. The lowest BCUT2D eigenvalue weighted by atomic mass is 10.2. The van der Waals surface area contributed by atoms with Crippen molar-refractivity contribution in [2.24, 2.45) is 0 Å². The van der Waals surface area contributed by atoms with Gasteiger partial charge in [-0.3, -0.25) is 4.90 Å². The van der Waals surface area contributed by atoms with Crippen LogP contribution >= 0.6 is 0 Å². The van der Waals surface area contributed by atoms with Gasteiger partial charge < -0.3 is 14.4 Å². The molecule has 0 amide bonds. The topological polar surface area (TPSA) is 78.7 Å². The number of nitriles is 1. The van der Waals surface area contributed by atoms with Gasteiger partial charge in [0.25, 0.3) is 0 Å². The number of carbonyl (C=O) groups excluding carboxylic acids is 1. The minimum Gasteiger partial charge on any atom is -0.491 e. The highest BCUT2D eigenvalue weighted by atomic mass is 16.5. The lowest BCUT2D eigenvalue weighted by molar-refractivity contribution is 0.0526. The zero-order chi connectivity index (χ0) is 19.8. The minimum absolute atomic E-state index is 0.343. The SMILES string of the molecule is CCOC(=O)c1ccc(N2CCN(CCOc3ccccc3C#N)CC2)nc1. The molecule has 1 fully saturated rings. The van der Waals surface area contributed by atoms with Crippen LogP contribution in [0.5, 0.6) is 5.75 Å². The van der Waals surface area contributed by atoms with Crippen molar-refractivity contribution in [3.8, 4) is 11.8 Å². The molecule has 2 heterocycles. The third-order valence-corrected chi connectivity index (χ3v) is 4.63. The standard InChI is InChI=1S/C21H24N4O3/c1-2-27-21(26)18-7-8-20(23-16-18)25-11-9-24(10-12-25)13-14-28-19-6-4-3-5-17(19)15-22/h3-8,16H,2,9-14H2,1H3. The van der Waals surface area contributed by atoms with Crippen LogP contribution < -0.4 is 9.64 Å². The summed E-state index contributed by atoms with van der Waals surface area (Å²) < 4.78 is 10.7. The van der Waals surface area contributed by atoms with E-state index in [4.69, 9.17) is 14.7 Å². The number of pyridine rings is 1. The van der Waals surface area contributed by atoms with Crippen LogP contribution in [0.4, 0.5) is 5.82 Å². The molecule has 0 N–H and O–H groups in total. The molecule has 28 heavy (non-hydrogen) atoms. The third kappa shape index (κ3) is 4.99. The summed E-state index contributed by atoms with van der Waals surface area (Å²) in [7, 11) is 0. The van der Waals surface area contributed by atoms with E-state index in [1.54, 1.807) is 25.3 Å². The number of anilines is 1. The van der Waals surface area contributed by atoms with E-state index in [0.29, 0.717) is 30.1 Å². The summed E-state index contributed by atoms with van der Waals surface area (Å²) in [6.07, 6.45) is 1.57. The number of esters is 1. The van der Waals surface area contributed by atoms with Crippen LogP contribution in [0.3, 0.4) is 0 Å². The number of nitrogens with zero attached hydrogens (tertiary/aromatic N) is 4. The number of aromatic nitrogens is 1. The van der Waals surface area contributed by atoms with E-state index in [-0.39, 0.29) is 5.97 Å². The van der Waals surface area contributed by atoms with Gasteiger partial charge >= 0.3 is 5.97 Å². The number of hydrogen-bond acceptors (Lipinski definition) is 7. The van der Waals surface area contributed by atoms with Crippen LogP contribution in [0.1, 0.15) is 22.8 Å². The van der Waals surface area contributed by atoms with Gasteiger partial charge in [0.15, 0.2) is 0 Å². The fourth-order valence-corrected chi connectivity index (χ4v) is 3.08. The molecule has 0 spiro atoms. The molecule has 0 radical (unpaired) electrons. The summed E-state index contributed by atoms with van der Waals surface area (Å²) >= 11 is 0. The summed E-state index contributed by atoms with van der Waals surface area (Å²) in [6.45, 7) is 7.03. The first-order valence-electron chi connectivity index (χ1n) is 9.43. The number of rotatable bonds is 7. The van der Waals surface area contributed by atoms with Crippen LogP contribution in [-0.4, -0.2) is 61.8 Å². The summed E-state index contributed by atoms with van der Waals surface area (Å²) in [6, 6.07) is 13.0. The monoisotopic (exact) mass is 380 g/mol. The average Bonchev–Trinajstić information content (AvgIpc) is 2.75. The van der Waals surface area contributed by atoms with Gasteiger partial charge in [-0.15, -0.1) is 0 Å². The van der Waals surface area contributed by atoms with Gasteiger partial charge in [0.1, 0.15) is 24.2 Å². The second-order valence-corrected chi connectivity index (χ2v) is 6.41. The predicted molar refractivity (Wildman–Crippen MR) is 105 cm³/mol. The van der Waals surface area contributed by atoms with Gasteiger partial charge in [-0.2, -0.15) is 5.26 Å². The number of para-hydroxylation sites is 1. The molecule has 1 aliphatic heterocycles. The Morgan fingerprint density at radius 1 is 1.18 bits per heavy atom. The van der Waals surface area contributed by atoms with Crippen molar-refractivity contribution >= 4 is 11.8 Å². The van der Waals surface area contributed by atoms with Crippen molar-refractivity contribution in [2.45, 2.75) is 6.92 Å². The maximum atomic E-state index is 11.7. The number of hydrogen-bond donors (Lipinski definition) is 0. The van der Waals surface area contributed by atoms with Gasteiger partial charge in [0.05, 0.1) is 17.7 Å². The smallest absolute Gasteiger partial charge is 0.339 e. The maximum absolute atomic E-state index is 11.7. The van der Waals surface area contributed by atoms with Crippen molar-refractivity contribution in [3.63, 3.8) is 0 Å². The maximum Gasteiger partial charge on any atom is 0.339 e.